The average Bonchev–Trinajstić information content (AvgIpc) is 3.33. The Kier molecular flexibility index (Phi) is 12.5. The summed E-state index contributed by atoms with van der Waals surface area (Å²) >= 11 is 1.27. The summed E-state index contributed by atoms with van der Waals surface area (Å²) in [7, 11) is -3.81. The Morgan fingerprint density at radius 1 is 0.854 bits per heavy atom. The lowest BCUT2D eigenvalue weighted by Gasteiger charge is -2.29. The molecule has 0 aliphatic rings. The molecule has 1 heterocycles. The van der Waals surface area contributed by atoms with E-state index in [9.17, 15) is 14.2 Å². The summed E-state index contributed by atoms with van der Waals surface area (Å²) in [6.45, 7) is 7.03. The van der Waals surface area contributed by atoms with Crippen molar-refractivity contribution in [1.82, 2.24) is 15.2 Å². The highest BCUT2D eigenvalue weighted by Crippen LogP contribution is 2.39. The normalized spacial score (nSPS) is 13.2. The van der Waals surface area contributed by atoms with Crippen LogP contribution in [0, 0.1) is 0 Å². The number of ether oxygens (including phenoxy) is 3. The van der Waals surface area contributed by atoms with Gasteiger partial charge in [-0.25, -0.2) is 15.2 Å². The smallest absolute Gasteiger partial charge is 0.324 e. The summed E-state index contributed by atoms with van der Waals surface area (Å²) in [6, 6.07) is 16.7. The monoisotopic (exact) mass is 602 g/mol. The second-order valence-electron chi connectivity index (χ2n) is 10.1. The number of benzene rings is 2. The Morgan fingerprint density at radius 3 is 1.71 bits per heavy atom. The van der Waals surface area contributed by atoms with Gasteiger partial charge in [-0.3, -0.25) is 14.2 Å². The molecule has 12 heteroatoms. The van der Waals surface area contributed by atoms with Crippen LogP contribution < -0.4 is 15.9 Å². The summed E-state index contributed by atoms with van der Waals surface area (Å²) < 4.78 is 31.4. The number of nitrogens with one attached hydrogen (secondary N) is 2. The van der Waals surface area contributed by atoms with E-state index in [0.717, 1.165) is 11.1 Å². The van der Waals surface area contributed by atoms with E-state index in [1.807, 2.05) is 60.7 Å². The number of carbonyl (C=O) groups excluding carboxylic acids is 2. The van der Waals surface area contributed by atoms with Crippen LogP contribution in [0.2, 0.25) is 0 Å². The highest BCUT2D eigenvalue weighted by atomic mass is 32.1. The average molecular weight is 603 g/mol. The fourth-order valence-electron chi connectivity index (χ4n) is 3.97. The number of esters is 2. The molecule has 3 rings (SSSR count). The molecule has 0 bridgehead atoms. The lowest BCUT2D eigenvalue weighted by atomic mass is 10.1. The lowest BCUT2D eigenvalue weighted by molar-refractivity contribution is -0.150. The van der Waals surface area contributed by atoms with Crippen LogP contribution in [0.5, 0.6) is 0 Å². The summed E-state index contributed by atoms with van der Waals surface area (Å²) in [4.78, 5) is 30.6. The molecule has 0 radical (unpaired) electrons. The van der Waals surface area contributed by atoms with E-state index in [0.29, 0.717) is 10.8 Å². The van der Waals surface area contributed by atoms with Crippen LogP contribution in [0.3, 0.4) is 0 Å². The molecule has 0 saturated heterocycles. The van der Waals surface area contributed by atoms with Crippen molar-refractivity contribution < 1.29 is 28.4 Å². The van der Waals surface area contributed by atoms with E-state index < -0.39 is 31.5 Å². The molecule has 0 aliphatic carbocycles. The van der Waals surface area contributed by atoms with Crippen LogP contribution >= 0.6 is 18.8 Å². The van der Waals surface area contributed by atoms with Crippen LogP contribution in [0.15, 0.2) is 66.0 Å². The maximum Gasteiger partial charge on any atom is 0.324 e. The predicted molar refractivity (Wildman–Crippen MR) is 160 cm³/mol. The number of hydrogen-bond donors (Lipinski definition) is 3. The number of nitrogen functional groups attached to an aromatic ring is 1. The van der Waals surface area contributed by atoms with Crippen molar-refractivity contribution >= 4 is 35.9 Å². The molecule has 0 fully saturated rings. The Bertz CT molecular complexity index is 1220. The zero-order chi connectivity index (χ0) is 29.8. The number of nitrogens with zero attached hydrogens (tertiary/aromatic N) is 1. The van der Waals surface area contributed by atoms with Crippen molar-refractivity contribution in [3.8, 4) is 0 Å². The molecule has 0 amide bonds. The largest absolute Gasteiger partial charge is 0.462 e. The number of rotatable bonds is 16. The number of nitrogens with two attached hydrogens (primary N) is 1. The van der Waals surface area contributed by atoms with E-state index in [2.05, 4.69) is 15.2 Å². The number of hydrogen-bond acceptors (Lipinski definition) is 9. The predicted octanol–water partition coefficient (Wildman–Crippen LogP) is 4.70. The fraction of sp³-hybridized carbons (Fsp3) is 0.414. The van der Waals surface area contributed by atoms with Gasteiger partial charge in [-0.05, 0) is 51.7 Å². The van der Waals surface area contributed by atoms with Gasteiger partial charge in [0.15, 0.2) is 5.13 Å². The molecule has 0 saturated carbocycles. The summed E-state index contributed by atoms with van der Waals surface area (Å²) in [5, 5.41) is 8.13. The fourth-order valence-corrected chi connectivity index (χ4v) is 6.49. The van der Waals surface area contributed by atoms with Crippen molar-refractivity contribution in [2.75, 3.05) is 12.1 Å². The molecule has 4 N–H and O–H groups in total. The van der Waals surface area contributed by atoms with E-state index in [4.69, 9.17) is 19.9 Å². The highest BCUT2D eigenvalue weighted by molar-refractivity contribution is 7.59. The Hall–Kier alpha value is -3.08. The molecule has 222 valence electrons. The Morgan fingerprint density at radius 2 is 1.32 bits per heavy atom. The molecule has 10 nitrogen and oxygen atoms in total. The Balaban J connectivity index is 1.91. The maximum absolute atomic E-state index is 14.6. The third kappa shape index (κ3) is 11.4. The molecule has 41 heavy (non-hydrogen) atoms. The molecular formula is C29H39N4O6PS. The van der Waals surface area contributed by atoms with Gasteiger partial charge in [0, 0.05) is 5.38 Å². The molecule has 0 unspecified atom stereocenters. The minimum atomic E-state index is -3.81. The topological polar surface area (TPSA) is 142 Å². The molecule has 1 aromatic heterocycles. The van der Waals surface area contributed by atoms with Crippen LogP contribution in [-0.4, -0.2) is 47.6 Å². The molecule has 2 aromatic carbocycles. The number of anilines is 1. The molecule has 2 atom stereocenters. The van der Waals surface area contributed by atoms with Gasteiger partial charge >= 0.3 is 11.9 Å². The van der Waals surface area contributed by atoms with Crippen molar-refractivity contribution in [3.05, 3.63) is 82.9 Å². The van der Waals surface area contributed by atoms with Gasteiger partial charge in [-0.1, -0.05) is 60.7 Å². The summed E-state index contributed by atoms with van der Waals surface area (Å²) in [5.74, 6) is -1.13. The van der Waals surface area contributed by atoms with Crippen LogP contribution in [0.4, 0.5) is 5.13 Å². The molecular weight excluding hydrogens is 563 g/mol. The van der Waals surface area contributed by atoms with Gasteiger partial charge in [0.25, 0.3) is 0 Å². The number of carbonyl (C=O) groups is 2. The van der Waals surface area contributed by atoms with Crippen LogP contribution in [-0.2, 0) is 47.8 Å². The SMILES string of the molecule is CC(C)OC(=O)[C@H](Cc1ccccc1)NP(=O)(COCc1csc(N)n1)N[C@@H](Cc1ccccc1)C(=O)OC(C)C. The first kappa shape index (κ1) is 32.4. The van der Waals surface area contributed by atoms with Crippen molar-refractivity contribution in [1.29, 1.82) is 0 Å². The summed E-state index contributed by atoms with van der Waals surface area (Å²) in [5.41, 5.74) is 8.00. The Labute approximate surface area is 245 Å². The zero-order valence-corrected chi connectivity index (χ0v) is 25.5. The zero-order valence-electron chi connectivity index (χ0n) is 23.8. The molecule has 0 spiro atoms. The van der Waals surface area contributed by atoms with Crippen LogP contribution in [0.1, 0.15) is 44.5 Å². The van der Waals surface area contributed by atoms with Crippen LogP contribution in [0.25, 0.3) is 0 Å². The minimum Gasteiger partial charge on any atom is -0.462 e. The lowest BCUT2D eigenvalue weighted by Crippen LogP contribution is -2.47. The van der Waals surface area contributed by atoms with E-state index >= 15 is 0 Å². The first-order chi connectivity index (χ1) is 19.5. The number of thiazole rings is 1. The van der Waals surface area contributed by atoms with Crippen molar-refractivity contribution in [3.63, 3.8) is 0 Å². The van der Waals surface area contributed by atoms with E-state index in [-0.39, 0.29) is 38.0 Å². The van der Waals surface area contributed by atoms with Gasteiger partial charge in [-0.15, -0.1) is 11.3 Å². The minimum absolute atomic E-state index is 0.0423. The maximum atomic E-state index is 14.6. The first-order valence-electron chi connectivity index (χ1n) is 13.4. The van der Waals surface area contributed by atoms with Crippen molar-refractivity contribution in [2.24, 2.45) is 0 Å². The second-order valence-corrected chi connectivity index (χ2v) is 13.3. The van der Waals surface area contributed by atoms with Gasteiger partial charge in [0.05, 0.1) is 24.5 Å². The van der Waals surface area contributed by atoms with E-state index in [1.54, 1.807) is 33.1 Å². The molecule has 3 aromatic rings. The third-order valence-corrected chi connectivity index (χ3v) is 8.39. The van der Waals surface area contributed by atoms with Crippen molar-refractivity contribution in [2.45, 2.75) is 71.4 Å². The third-order valence-electron chi connectivity index (χ3n) is 5.66. The van der Waals surface area contributed by atoms with Gasteiger partial charge < -0.3 is 19.9 Å². The standard InChI is InChI=1S/C29H39N4O6PS/c1-20(2)38-27(34)25(15-22-11-7-5-8-12-22)32-40(36,19-37-17-24-18-41-29(30)31-24)33-26(28(35)39-21(3)4)16-23-13-9-6-10-14-23/h5-14,18,20-21,25-26H,15-17,19H2,1-4H3,(H2,30,31)(H2,32,33,36)/t25-,26-/m0/s1. The summed E-state index contributed by atoms with van der Waals surface area (Å²) in [6.07, 6.45) is -0.687. The number of aromatic nitrogens is 1. The highest BCUT2D eigenvalue weighted by Gasteiger charge is 2.36. The second kappa shape index (κ2) is 15.8. The van der Waals surface area contributed by atoms with E-state index in [1.165, 1.54) is 11.3 Å². The first-order valence-corrected chi connectivity index (χ1v) is 16.2. The van der Waals surface area contributed by atoms with Gasteiger partial charge in [0.2, 0.25) is 7.44 Å². The quantitative estimate of drug-likeness (QED) is 0.156. The van der Waals surface area contributed by atoms with Gasteiger partial charge in [-0.2, -0.15) is 0 Å². The van der Waals surface area contributed by atoms with Gasteiger partial charge in [0.1, 0.15) is 18.4 Å². The molecule has 0 aliphatic heterocycles.